The molecular formula is C7H6BNOS. The Hall–Kier alpha value is -0.895. The number of aromatic nitrogens is 1. The van der Waals surface area contributed by atoms with Crippen LogP contribution in [0.25, 0.3) is 0 Å². The van der Waals surface area contributed by atoms with Crippen LogP contribution in [0.4, 0.5) is 0 Å². The second-order valence-electron chi connectivity index (χ2n) is 2.06. The van der Waals surface area contributed by atoms with Crippen LogP contribution in [-0.2, 0) is 0 Å². The zero-order valence-corrected chi connectivity index (χ0v) is 6.65. The zero-order valence-electron chi connectivity index (χ0n) is 5.83. The normalized spacial score (nSPS) is 9.45. The Morgan fingerprint density at radius 2 is 2.36 bits per heavy atom. The van der Waals surface area contributed by atoms with E-state index in [0.717, 1.165) is 0 Å². The lowest BCUT2D eigenvalue weighted by atomic mass is 9.99. The van der Waals surface area contributed by atoms with Gasteiger partial charge in [-0.15, -0.1) is 0 Å². The second kappa shape index (κ2) is 3.48. The van der Waals surface area contributed by atoms with Gasteiger partial charge in [0.25, 0.3) is 0 Å². The summed E-state index contributed by atoms with van der Waals surface area (Å²) in [4.78, 5) is 13.7. The first-order valence-corrected chi connectivity index (χ1v) is 3.57. The van der Waals surface area contributed by atoms with Crippen molar-refractivity contribution in [3.05, 3.63) is 28.5 Å². The van der Waals surface area contributed by atoms with E-state index in [9.17, 15) is 4.79 Å². The number of carbonyl (C=O) groups is 1. The van der Waals surface area contributed by atoms with Crippen molar-refractivity contribution in [3.8, 4) is 0 Å². The van der Waals surface area contributed by atoms with Crippen LogP contribution in [0, 0.1) is 4.64 Å². The smallest absolute Gasteiger partial charge is 0.170 e. The molecule has 0 fully saturated rings. The predicted molar refractivity (Wildman–Crippen MR) is 46.5 cm³/mol. The van der Waals surface area contributed by atoms with E-state index in [4.69, 9.17) is 20.1 Å². The van der Waals surface area contributed by atoms with E-state index >= 15 is 0 Å². The molecule has 1 aromatic rings. The molecule has 0 amide bonds. The summed E-state index contributed by atoms with van der Waals surface area (Å²) in [6.45, 7) is 0. The van der Waals surface area contributed by atoms with Gasteiger partial charge in [-0.1, -0.05) is 18.3 Å². The standard InChI is InChI=1S/C7H6BNOS/c8-4-6(10)5-2-1-3-7(11)9-5/h1-3H,4H2,(H,9,11). The third-order valence-corrected chi connectivity index (χ3v) is 1.49. The number of ketones is 1. The van der Waals surface area contributed by atoms with Crippen molar-refractivity contribution in [1.82, 2.24) is 4.98 Å². The van der Waals surface area contributed by atoms with Gasteiger partial charge in [-0.3, -0.25) is 4.79 Å². The van der Waals surface area contributed by atoms with E-state index in [1.54, 1.807) is 18.2 Å². The Balaban J connectivity index is 3.05. The lowest BCUT2D eigenvalue weighted by Gasteiger charge is -1.95. The van der Waals surface area contributed by atoms with Gasteiger partial charge in [-0.25, -0.2) is 0 Å². The topological polar surface area (TPSA) is 32.9 Å². The molecule has 0 aliphatic rings. The Bertz CT molecular complexity index is 320. The molecule has 1 N–H and O–H groups in total. The molecule has 0 unspecified atom stereocenters. The molecule has 0 bridgehead atoms. The van der Waals surface area contributed by atoms with E-state index in [-0.39, 0.29) is 12.1 Å². The molecule has 0 atom stereocenters. The number of Topliss-reactive ketones (excluding diaryl/α,β-unsaturated/α-hetero) is 1. The minimum Gasteiger partial charge on any atom is -0.344 e. The van der Waals surface area contributed by atoms with Gasteiger partial charge >= 0.3 is 0 Å². The van der Waals surface area contributed by atoms with Gasteiger partial charge in [0, 0.05) is 0 Å². The van der Waals surface area contributed by atoms with Gasteiger partial charge in [-0.05, 0) is 18.5 Å². The molecule has 11 heavy (non-hydrogen) atoms. The van der Waals surface area contributed by atoms with Crippen molar-refractivity contribution in [2.24, 2.45) is 0 Å². The van der Waals surface area contributed by atoms with Crippen molar-refractivity contribution >= 4 is 25.8 Å². The highest BCUT2D eigenvalue weighted by molar-refractivity contribution is 7.71. The lowest BCUT2D eigenvalue weighted by Crippen LogP contribution is -2.00. The highest BCUT2D eigenvalue weighted by Crippen LogP contribution is 1.98. The van der Waals surface area contributed by atoms with E-state index in [1.165, 1.54) is 0 Å². The van der Waals surface area contributed by atoms with Gasteiger partial charge < -0.3 is 4.98 Å². The lowest BCUT2D eigenvalue weighted by molar-refractivity contribution is 0.101. The molecule has 4 heteroatoms. The van der Waals surface area contributed by atoms with Gasteiger partial charge in [0.1, 0.15) is 4.64 Å². The van der Waals surface area contributed by atoms with E-state index in [1.807, 2.05) is 0 Å². The Morgan fingerprint density at radius 3 is 2.91 bits per heavy atom. The molecule has 1 rings (SSSR count). The fraction of sp³-hybridized carbons (Fsp3) is 0.143. The van der Waals surface area contributed by atoms with Gasteiger partial charge in [-0.2, -0.15) is 0 Å². The predicted octanol–water partition coefficient (Wildman–Crippen LogP) is 1.51. The molecule has 2 radical (unpaired) electrons. The van der Waals surface area contributed by atoms with Crippen LogP contribution >= 0.6 is 12.2 Å². The van der Waals surface area contributed by atoms with Crippen molar-refractivity contribution in [2.45, 2.75) is 6.32 Å². The maximum atomic E-state index is 11.0. The number of hydrogen-bond acceptors (Lipinski definition) is 2. The summed E-state index contributed by atoms with van der Waals surface area (Å²) in [6.07, 6.45) is 0.00921. The minimum atomic E-state index is -0.128. The molecule has 1 heterocycles. The van der Waals surface area contributed by atoms with Crippen LogP contribution in [0.2, 0.25) is 6.32 Å². The Kier molecular flexibility index (Phi) is 2.60. The van der Waals surface area contributed by atoms with Crippen LogP contribution in [0.1, 0.15) is 10.5 Å². The van der Waals surface area contributed by atoms with E-state index in [2.05, 4.69) is 4.98 Å². The van der Waals surface area contributed by atoms with E-state index in [0.29, 0.717) is 10.3 Å². The monoisotopic (exact) mass is 163 g/mol. The highest BCUT2D eigenvalue weighted by atomic mass is 32.1. The summed E-state index contributed by atoms with van der Waals surface area (Å²) in [7, 11) is 5.15. The maximum absolute atomic E-state index is 11.0. The SMILES string of the molecule is [B]CC(=O)c1cccc(=S)[nH]1. The largest absolute Gasteiger partial charge is 0.344 e. The average molecular weight is 163 g/mol. The van der Waals surface area contributed by atoms with Gasteiger partial charge in [0.05, 0.1) is 13.5 Å². The van der Waals surface area contributed by atoms with Crippen LogP contribution in [-0.4, -0.2) is 18.6 Å². The maximum Gasteiger partial charge on any atom is 0.170 e. The Morgan fingerprint density at radius 1 is 1.64 bits per heavy atom. The fourth-order valence-corrected chi connectivity index (χ4v) is 0.909. The molecule has 54 valence electrons. The molecule has 0 saturated heterocycles. The number of hydrogen-bond donors (Lipinski definition) is 1. The van der Waals surface area contributed by atoms with Crippen molar-refractivity contribution in [3.63, 3.8) is 0 Å². The molecule has 0 aromatic carbocycles. The quantitative estimate of drug-likeness (QED) is 0.407. The first-order chi connectivity index (χ1) is 5.24. The third kappa shape index (κ3) is 2.01. The first-order valence-electron chi connectivity index (χ1n) is 3.16. The summed E-state index contributed by atoms with van der Waals surface area (Å²) in [6, 6.07) is 5.09. The highest BCUT2D eigenvalue weighted by Gasteiger charge is 2.00. The molecular weight excluding hydrogens is 157 g/mol. The van der Waals surface area contributed by atoms with Crippen molar-refractivity contribution in [2.75, 3.05) is 0 Å². The molecule has 0 saturated carbocycles. The summed E-state index contributed by atoms with van der Waals surface area (Å²) in [5.41, 5.74) is 0.472. The average Bonchev–Trinajstić information content (AvgIpc) is 2.03. The number of H-pyrrole nitrogens is 1. The van der Waals surface area contributed by atoms with Crippen LogP contribution in [0.15, 0.2) is 18.2 Å². The molecule has 1 aromatic heterocycles. The number of pyridine rings is 1. The van der Waals surface area contributed by atoms with Crippen LogP contribution in [0.3, 0.4) is 0 Å². The van der Waals surface area contributed by atoms with Gasteiger partial charge in [0.15, 0.2) is 5.78 Å². The summed E-state index contributed by atoms with van der Waals surface area (Å²) in [5, 5.41) is 0. The summed E-state index contributed by atoms with van der Waals surface area (Å²) >= 11 is 4.82. The zero-order chi connectivity index (χ0) is 8.27. The number of nitrogens with one attached hydrogen (secondary N) is 1. The van der Waals surface area contributed by atoms with Crippen molar-refractivity contribution in [1.29, 1.82) is 0 Å². The molecule has 0 aliphatic heterocycles. The molecule has 2 nitrogen and oxygen atoms in total. The number of carbonyl (C=O) groups excluding carboxylic acids is 1. The second-order valence-corrected chi connectivity index (χ2v) is 2.50. The van der Waals surface area contributed by atoms with Crippen LogP contribution < -0.4 is 0 Å². The minimum absolute atomic E-state index is 0.00921. The summed E-state index contributed by atoms with van der Waals surface area (Å²) < 4.78 is 0.546. The Labute approximate surface area is 71.1 Å². The summed E-state index contributed by atoms with van der Waals surface area (Å²) in [5.74, 6) is -0.128. The first kappa shape index (κ1) is 8.20. The van der Waals surface area contributed by atoms with E-state index < -0.39 is 0 Å². The number of rotatable bonds is 2. The fourth-order valence-electron chi connectivity index (χ4n) is 0.720. The number of aromatic amines is 1. The third-order valence-electron chi connectivity index (χ3n) is 1.25. The molecule has 0 aliphatic carbocycles. The van der Waals surface area contributed by atoms with Gasteiger partial charge in [0.2, 0.25) is 0 Å². The van der Waals surface area contributed by atoms with Crippen LogP contribution in [0.5, 0.6) is 0 Å². The molecule has 0 spiro atoms. The van der Waals surface area contributed by atoms with Crippen molar-refractivity contribution < 1.29 is 4.79 Å².